The number of aromatic nitrogens is 2. The van der Waals surface area contributed by atoms with Gasteiger partial charge in [-0.1, -0.05) is 0 Å². The molecule has 2 aromatic heterocycles. The number of likely N-dealkylation sites (tertiary alicyclic amines) is 1. The van der Waals surface area contributed by atoms with Crippen molar-refractivity contribution in [2.75, 3.05) is 25.6 Å². The standard InChI is InChI=1S/C17H18ClF2N3O4/c18-4-1-7-27-12-8-11-9-13(23(16(25)26)14(11)21-10-12)15(24)22-5-2-17(19,20)3-6-22/h8-10H,1-7H2,(H,25,26). The molecule has 27 heavy (non-hydrogen) atoms. The summed E-state index contributed by atoms with van der Waals surface area (Å²) in [4.78, 5) is 29.7. The van der Waals surface area contributed by atoms with Gasteiger partial charge in [-0.25, -0.2) is 23.1 Å². The van der Waals surface area contributed by atoms with E-state index in [1.165, 1.54) is 17.2 Å². The van der Waals surface area contributed by atoms with Crippen molar-refractivity contribution in [3.8, 4) is 5.75 Å². The van der Waals surface area contributed by atoms with Crippen molar-refractivity contribution in [3.05, 3.63) is 24.0 Å². The summed E-state index contributed by atoms with van der Waals surface area (Å²) < 4.78 is 32.9. The molecule has 0 bridgehead atoms. The van der Waals surface area contributed by atoms with E-state index in [-0.39, 0.29) is 24.4 Å². The topological polar surface area (TPSA) is 84.7 Å². The lowest BCUT2D eigenvalue weighted by Gasteiger charge is -2.31. The Morgan fingerprint density at radius 3 is 2.63 bits per heavy atom. The van der Waals surface area contributed by atoms with Crippen molar-refractivity contribution in [1.82, 2.24) is 14.5 Å². The summed E-state index contributed by atoms with van der Waals surface area (Å²) in [6.45, 7) is 0.116. The maximum Gasteiger partial charge on any atom is 0.417 e. The van der Waals surface area contributed by atoms with E-state index in [1.807, 2.05) is 0 Å². The maximum absolute atomic E-state index is 13.3. The molecule has 0 aliphatic carbocycles. The number of fused-ring (bicyclic) bond motifs is 1. The van der Waals surface area contributed by atoms with Gasteiger partial charge in [-0.15, -0.1) is 11.6 Å². The van der Waals surface area contributed by atoms with Crippen molar-refractivity contribution in [2.24, 2.45) is 0 Å². The second-order valence-corrected chi connectivity index (χ2v) is 6.65. The van der Waals surface area contributed by atoms with E-state index in [9.17, 15) is 23.5 Å². The van der Waals surface area contributed by atoms with Crippen LogP contribution in [-0.2, 0) is 0 Å². The molecule has 3 rings (SSSR count). The molecule has 0 saturated carbocycles. The zero-order valence-electron chi connectivity index (χ0n) is 14.3. The number of rotatable bonds is 5. The van der Waals surface area contributed by atoms with Crippen LogP contribution in [0, 0.1) is 0 Å². The number of carboxylic acid groups (broad SMARTS) is 1. The van der Waals surface area contributed by atoms with E-state index in [2.05, 4.69) is 4.98 Å². The normalized spacial score (nSPS) is 16.5. The van der Waals surface area contributed by atoms with Crippen LogP contribution in [0.5, 0.6) is 5.75 Å². The monoisotopic (exact) mass is 401 g/mol. The highest BCUT2D eigenvalue weighted by Crippen LogP contribution is 2.29. The largest absolute Gasteiger partial charge is 0.492 e. The number of piperidine rings is 1. The van der Waals surface area contributed by atoms with Gasteiger partial charge in [-0.05, 0) is 18.6 Å². The van der Waals surface area contributed by atoms with Crippen LogP contribution in [0.25, 0.3) is 11.0 Å². The Morgan fingerprint density at radius 2 is 2.00 bits per heavy atom. The van der Waals surface area contributed by atoms with Crippen LogP contribution in [0.1, 0.15) is 29.8 Å². The number of pyridine rings is 1. The van der Waals surface area contributed by atoms with Gasteiger partial charge in [0, 0.05) is 37.2 Å². The quantitative estimate of drug-likeness (QED) is 0.612. The lowest BCUT2D eigenvalue weighted by atomic mass is 10.1. The Bertz CT molecular complexity index is 861. The number of hydrogen-bond donors (Lipinski definition) is 1. The molecule has 1 saturated heterocycles. The average molecular weight is 402 g/mol. The number of alkyl halides is 3. The number of amides is 1. The second kappa shape index (κ2) is 7.67. The fourth-order valence-corrected chi connectivity index (χ4v) is 3.06. The molecule has 3 heterocycles. The smallest absolute Gasteiger partial charge is 0.417 e. The summed E-state index contributed by atoms with van der Waals surface area (Å²) in [5, 5.41) is 9.92. The Labute approximate surface area is 158 Å². The first kappa shape index (κ1) is 19.3. The molecule has 1 N–H and O–H groups in total. The highest BCUT2D eigenvalue weighted by atomic mass is 35.5. The molecule has 146 valence electrons. The Hall–Kier alpha value is -2.42. The molecule has 1 amide bonds. The fourth-order valence-electron chi connectivity index (χ4n) is 2.95. The highest BCUT2D eigenvalue weighted by molar-refractivity contribution is 6.17. The second-order valence-electron chi connectivity index (χ2n) is 6.27. The minimum absolute atomic E-state index is 0.0814. The number of hydrogen-bond acceptors (Lipinski definition) is 4. The Morgan fingerprint density at radius 1 is 1.30 bits per heavy atom. The van der Waals surface area contributed by atoms with Crippen LogP contribution in [0.3, 0.4) is 0 Å². The molecule has 1 fully saturated rings. The molecule has 1 aliphatic heterocycles. The zero-order valence-corrected chi connectivity index (χ0v) is 15.1. The molecule has 1 aliphatic rings. The van der Waals surface area contributed by atoms with Crippen LogP contribution < -0.4 is 4.74 Å². The van der Waals surface area contributed by atoms with Crippen molar-refractivity contribution in [3.63, 3.8) is 0 Å². The molecule has 2 aromatic rings. The first-order chi connectivity index (χ1) is 12.8. The molecule has 0 spiro atoms. The molecule has 7 nitrogen and oxygen atoms in total. The van der Waals surface area contributed by atoms with Gasteiger partial charge in [0.05, 0.1) is 12.8 Å². The third-order valence-electron chi connectivity index (χ3n) is 4.35. The van der Waals surface area contributed by atoms with Gasteiger partial charge >= 0.3 is 6.09 Å². The fraction of sp³-hybridized carbons (Fsp3) is 0.471. The lowest BCUT2D eigenvalue weighted by Crippen LogP contribution is -2.43. The summed E-state index contributed by atoms with van der Waals surface area (Å²) in [5.41, 5.74) is -0.0500. The number of ether oxygens (including phenoxy) is 1. The Kier molecular flexibility index (Phi) is 5.50. The minimum atomic E-state index is -2.80. The third-order valence-corrected chi connectivity index (χ3v) is 4.62. The molecule has 0 atom stereocenters. The van der Waals surface area contributed by atoms with Gasteiger partial charge in [0.15, 0.2) is 0 Å². The van der Waals surface area contributed by atoms with E-state index in [0.29, 0.717) is 30.0 Å². The van der Waals surface area contributed by atoms with Crippen LogP contribution in [0.4, 0.5) is 13.6 Å². The third kappa shape index (κ3) is 4.13. The number of nitrogens with zero attached hydrogens (tertiary/aromatic N) is 3. The van der Waals surface area contributed by atoms with Gasteiger partial charge in [0.25, 0.3) is 11.8 Å². The molecule has 10 heteroatoms. The predicted octanol–water partition coefficient (Wildman–Crippen LogP) is 3.44. The SMILES string of the molecule is O=C(c1cc2cc(OCCCCl)cnc2n1C(=O)O)N1CCC(F)(F)CC1. The molecule has 0 radical (unpaired) electrons. The summed E-state index contributed by atoms with van der Waals surface area (Å²) in [6, 6.07) is 2.97. The van der Waals surface area contributed by atoms with Crippen molar-refractivity contribution in [2.45, 2.75) is 25.2 Å². The van der Waals surface area contributed by atoms with Gasteiger partial charge in [-0.2, -0.15) is 0 Å². The van der Waals surface area contributed by atoms with Gasteiger partial charge in [0.2, 0.25) is 0 Å². The first-order valence-corrected chi connectivity index (χ1v) is 8.96. The van der Waals surface area contributed by atoms with Crippen LogP contribution in [-0.4, -0.2) is 63.1 Å². The van der Waals surface area contributed by atoms with E-state index >= 15 is 0 Å². The number of carbonyl (C=O) groups is 2. The van der Waals surface area contributed by atoms with Crippen molar-refractivity contribution in [1.29, 1.82) is 0 Å². The zero-order chi connectivity index (χ0) is 19.6. The molecular weight excluding hydrogens is 384 g/mol. The lowest BCUT2D eigenvalue weighted by molar-refractivity contribution is -0.0495. The van der Waals surface area contributed by atoms with Crippen LogP contribution >= 0.6 is 11.6 Å². The van der Waals surface area contributed by atoms with E-state index in [4.69, 9.17) is 16.3 Å². The number of halogens is 3. The van der Waals surface area contributed by atoms with Crippen LogP contribution in [0.2, 0.25) is 0 Å². The minimum Gasteiger partial charge on any atom is -0.492 e. The van der Waals surface area contributed by atoms with E-state index in [1.54, 1.807) is 6.07 Å². The maximum atomic E-state index is 13.3. The van der Waals surface area contributed by atoms with Crippen LogP contribution in [0.15, 0.2) is 18.3 Å². The highest BCUT2D eigenvalue weighted by Gasteiger charge is 2.37. The number of carbonyl (C=O) groups excluding carboxylic acids is 1. The van der Waals surface area contributed by atoms with Gasteiger partial charge in [-0.3, -0.25) is 4.79 Å². The van der Waals surface area contributed by atoms with Gasteiger partial charge in [0.1, 0.15) is 17.1 Å². The van der Waals surface area contributed by atoms with E-state index in [0.717, 1.165) is 4.57 Å². The van der Waals surface area contributed by atoms with Crippen molar-refractivity contribution >= 4 is 34.6 Å². The predicted molar refractivity (Wildman–Crippen MR) is 94.1 cm³/mol. The van der Waals surface area contributed by atoms with E-state index < -0.39 is 30.8 Å². The van der Waals surface area contributed by atoms with Gasteiger partial charge < -0.3 is 14.7 Å². The summed E-state index contributed by atoms with van der Waals surface area (Å²) in [5.74, 6) is -2.55. The summed E-state index contributed by atoms with van der Waals surface area (Å²) in [6.07, 6.45) is -0.254. The average Bonchev–Trinajstić information content (AvgIpc) is 3.00. The first-order valence-electron chi connectivity index (χ1n) is 8.43. The molecular formula is C17H18ClF2N3O4. The Balaban J connectivity index is 1.90. The van der Waals surface area contributed by atoms with Crippen molar-refractivity contribution < 1.29 is 28.2 Å². The summed E-state index contributed by atoms with van der Waals surface area (Å²) >= 11 is 5.59. The summed E-state index contributed by atoms with van der Waals surface area (Å²) in [7, 11) is 0. The molecule has 0 aromatic carbocycles. The molecule has 0 unspecified atom stereocenters.